The van der Waals surface area contributed by atoms with E-state index in [2.05, 4.69) is 20.2 Å². The number of carbonyl (C=O) groups is 2. The molecule has 1 saturated heterocycles. The Morgan fingerprint density at radius 3 is 2.64 bits per heavy atom. The van der Waals surface area contributed by atoms with E-state index in [1.807, 2.05) is 33.8 Å². The molecule has 1 atom stereocenters. The number of alkyl halides is 2. The summed E-state index contributed by atoms with van der Waals surface area (Å²) in [5, 5.41) is 2.76. The highest BCUT2D eigenvalue weighted by molar-refractivity contribution is 6.03. The van der Waals surface area contributed by atoms with E-state index in [1.165, 1.54) is 15.4 Å². The van der Waals surface area contributed by atoms with Crippen molar-refractivity contribution >= 4 is 35.0 Å². The molecule has 10 nitrogen and oxygen atoms in total. The Bertz CT molecular complexity index is 1420. The summed E-state index contributed by atoms with van der Waals surface area (Å²) in [5.74, 6) is 0.542. The second kappa shape index (κ2) is 9.97. The number of imidazole rings is 1. The van der Waals surface area contributed by atoms with Gasteiger partial charge in [0.1, 0.15) is 17.1 Å². The lowest BCUT2D eigenvalue weighted by Crippen LogP contribution is -2.55. The fourth-order valence-corrected chi connectivity index (χ4v) is 5.20. The molecule has 2 aliphatic rings. The van der Waals surface area contributed by atoms with Crippen LogP contribution in [-0.2, 0) is 11.2 Å². The van der Waals surface area contributed by atoms with Gasteiger partial charge in [-0.25, -0.2) is 28.3 Å². The summed E-state index contributed by atoms with van der Waals surface area (Å²) in [5.41, 5.74) is 2.13. The van der Waals surface area contributed by atoms with Crippen LogP contribution in [0.3, 0.4) is 0 Å². The molecular formula is C27H33F2N7O3. The van der Waals surface area contributed by atoms with Crippen LogP contribution in [0.25, 0.3) is 5.65 Å². The quantitative estimate of drug-likeness (QED) is 0.501. The Kier molecular flexibility index (Phi) is 6.81. The van der Waals surface area contributed by atoms with Crippen LogP contribution < -0.4 is 15.1 Å². The van der Waals surface area contributed by atoms with Gasteiger partial charge in [-0.2, -0.15) is 0 Å². The molecule has 1 N–H and O–H groups in total. The number of halogens is 2. The minimum atomic E-state index is -2.74. The predicted octanol–water partition coefficient (Wildman–Crippen LogP) is 5.02. The van der Waals surface area contributed by atoms with Crippen molar-refractivity contribution in [1.82, 2.24) is 19.3 Å². The van der Waals surface area contributed by atoms with E-state index in [4.69, 9.17) is 4.74 Å². The third kappa shape index (κ3) is 5.32. The average Bonchev–Trinajstić information content (AvgIpc) is 3.44. The maximum absolute atomic E-state index is 13.7. The van der Waals surface area contributed by atoms with E-state index >= 15 is 0 Å². The number of hydrogen-bond acceptors (Lipinski definition) is 6. The molecule has 0 spiro atoms. The summed E-state index contributed by atoms with van der Waals surface area (Å²) in [4.78, 5) is 40.0. The molecule has 5 heterocycles. The van der Waals surface area contributed by atoms with Gasteiger partial charge in [0.05, 0.1) is 16.9 Å². The lowest BCUT2D eigenvalue weighted by molar-refractivity contribution is 0.0159. The SMILES string of the molecule is Cc1cn2cc(NC(=O)N3CCc4c(N5CCN(C(=O)OC(C)(C)C)[C@@H](C)C5)ccnc43)cc(C(F)F)c2n1. The van der Waals surface area contributed by atoms with Gasteiger partial charge in [-0.05, 0) is 53.2 Å². The third-order valence-electron chi connectivity index (χ3n) is 6.88. The molecule has 0 saturated carbocycles. The van der Waals surface area contributed by atoms with Gasteiger partial charge < -0.3 is 24.3 Å². The maximum Gasteiger partial charge on any atom is 0.410 e. The molecule has 3 aromatic heterocycles. The zero-order chi connectivity index (χ0) is 28.1. The van der Waals surface area contributed by atoms with Gasteiger partial charge in [-0.15, -0.1) is 0 Å². The van der Waals surface area contributed by atoms with Crippen LogP contribution in [0, 0.1) is 6.92 Å². The maximum atomic E-state index is 13.7. The first-order valence-corrected chi connectivity index (χ1v) is 13.0. The summed E-state index contributed by atoms with van der Waals surface area (Å²) >= 11 is 0. The monoisotopic (exact) mass is 541 g/mol. The normalized spacial score (nSPS) is 17.6. The zero-order valence-corrected chi connectivity index (χ0v) is 22.7. The number of hydrogen-bond donors (Lipinski definition) is 1. The third-order valence-corrected chi connectivity index (χ3v) is 6.88. The number of aromatic nitrogens is 3. The van der Waals surface area contributed by atoms with Crippen molar-refractivity contribution in [3.63, 3.8) is 0 Å². The molecule has 0 unspecified atom stereocenters. The molecule has 0 bridgehead atoms. The number of nitrogens with one attached hydrogen (secondary N) is 1. The number of nitrogens with zero attached hydrogens (tertiary/aromatic N) is 6. The number of pyridine rings is 2. The second-order valence-electron chi connectivity index (χ2n) is 11.0. The number of amides is 3. The lowest BCUT2D eigenvalue weighted by atomic mass is 10.1. The largest absolute Gasteiger partial charge is 0.444 e. The van der Waals surface area contributed by atoms with E-state index in [1.54, 1.807) is 30.4 Å². The van der Waals surface area contributed by atoms with Crippen LogP contribution in [-0.4, -0.2) is 69.2 Å². The molecule has 39 heavy (non-hydrogen) atoms. The second-order valence-corrected chi connectivity index (χ2v) is 11.0. The van der Waals surface area contributed by atoms with Gasteiger partial charge in [-0.1, -0.05) is 0 Å². The lowest BCUT2D eigenvalue weighted by Gasteiger charge is -2.41. The van der Waals surface area contributed by atoms with E-state index in [-0.39, 0.29) is 29.0 Å². The highest BCUT2D eigenvalue weighted by Crippen LogP contribution is 2.35. The molecule has 3 amide bonds. The van der Waals surface area contributed by atoms with Gasteiger partial charge in [0, 0.05) is 62.1 Å². The van der Waals surface area contributed by atoms with Crippen LogP contribution in [0.2, 0.25) is 0 Å². The van der Waals surface area contributed by atoms with Crippen LogP contribution in [0.5, 0.6) is 0 Å². The number of ether oxygens (including phenoxy) is 1. The fourth-order valence-electron chi connectivity index (χ4n) is 5.20. The molecule has 0 aromatic carbocycles. The van der Waals surface area contributed by atoms with Crippen molar-refractivity contribution in [2.24, 2.45) is 0 Å². The van der Waals surface area contributed by atoms with Crippen molar-refractivity contribution in [2.45, 2.75) is 59.1 Å². The molecular weight excluding hydrogens is 508 g/mol. The van der Waals surface area contributed by atoms with Gasteiger partial charge in [0.25, 0.3) is 6.43 Å². The van der Waals surface area contributed by atoms with Crippen LogP contribution in [0.1, 0.15) is 50.9 Å². The number of urea groups is 1. The Balaban J connectivity index is 1.32. The van der Waals surface area contributed by atoms with Crippen molar-refractivity contribution in [2.75, 3.05) is 41.3 Å². The number of piperazine rings is 1. The van der Waals surface area contributed by atoms with E-state index in [9.17, 15) is 18.4 Å². The number of rotatable bonds is 3. The van der Waals surface area contributed by atoms with Crippen LogP contribution in [0.15, 0.2) is 30.7 Å². The molecule has 5 rings (SSSR count). The van der Waals surface area contributed by atoms with Crippen LogP contribution in [0.4, 0.5) is 35.6 Å². The summed E-state index contributed by atoms with van der Waals surface area (Å²) in [6.45, 7) is 11.4. The molecule has 1 fully saturated rings. The molecule has 0 aliphatic carbocycles. The topological polar surface area (TPSA) is 95.3 Å². The van der Waals surface area contributed by atoms with Crippen molar-refractivity contribution in [3.8, 4) is 0 Å². The number of fused-ring (bicyclic) bond motifs is 2. The minimum absolute atomic E-state index is 0.0658. The van der Waals surface area contributed by atoms with E-state index < -0.39 is 18.1 Å². The Hall–Kier alpha value is -3.96. The number of aryl methyl sites for hydroxylation is 1. The van der Waals surface area contributed by atoms with E-state index in [0.29, 0.717) is 44.1 Å². The molecule has 2 aliphatic heterocycles. The summed E-state index contributed by atoms with van der Waals surface area (Å²) in [6, 6.07) is 2.68. The Morgan fingerprint density at radius 1 is 1.18 bits per heavy atom. The highest BCUT2D eigenvalue weighted by atomic mass is 19.3. The van der Waals surface area contributed by atoms with E-state index in [0.717, 1.165) is 11.3 Å². The average molecular weight is 542 g/mol. The molecule has 12 heteroatoms. The van der Waals surface area contributed by atoms with Crippen molar-refractivity contribution < 1.29 is 23.1 Å². The minimum Gasteiger partial charge on any atom is -0.444 e. The Labute approximate surface area is 225 Å². The first kappa shape index (κ1) is 26.6. The molecule has 3 aromatic rings. The number of anilines is 3. The van der Waals surface area contributed by atoms with Gasteiger partial charge in [0.2, 0.25) is 0 Å². The van der Waals surface area contributed by atoms with Gasteiger partial charge >= 0.3 is 12.1 Å². The summed E-state index contributed by atoms with van der Waals surface area (Å²) in [7, 11) is 0. The standard InChI is InChI=1S/C27H33F2N7O3/c1-16-13-34-15-18(12-20(22(28)29)24(34)31-16)32-25(37)36-9-7-19-21(6-8-30-23(19)36)33-10-11-35(17(2)14-33)26(38)39-27(3,4)5/h6,8,12-13,15,17,22H,7,9-11,14H2,1-5H3,(H,32,37)/t17-/m0/s1. The first-order valence-electron chi connectivity index (χ1n) is 13.0. The van der Waals surface area contributed by atoms with Gasteiger partial charge in [0.15, 0.2) is 0 Å². The molecule has 0 radical (unpaired) electrons. The summed E-state index contributed by atoms with van der Waals surface area (Å²) < 4.78 is 34.4. The van der Waals surface area contributed by atoms with Gasteiger partial charge in [-0.3, -0.25) is 4.90 Å². The first-order chi connectivity index (χ1) is 18.4. The number of carbonyl (C=O) groups excluding carboxylic acids is 2. The van der Waals surface area contributed by atoms with Crippen molar-refractivity contribution in [3.05, 3.63) is 47.5 Å². The molecule has 208 valence electrons. The predicted molar refractivity (Wildman–Crippen MR) is 144 cm³/mol. The fraction of sp³-hybridized carbons (Fsp3) is 0.481. The summed E-state index contributed by atoms with van der Waals surface area (Å²) in [6.07, 6.45) is 2.43. The smallest absolute Gasteiger partial charge is 0.410 e. The van der Waals surface area contributed by atoms with Crippen LogP contribution >= 0.6 is 0 Å². The Morgan fingerprint density at radius 2 is 1.95 bits per heavy atom. The highest BCUT2D eigenvalue weighted by Gasteiger charge is 2.34. The van der Waals surface area contributed by atoms with Crippen molar-refractivity contribution in [1.29, 1.82) is 0 Å². The zero-order valence-electron chi connectivity index (χ0n) is 22.7.